The highest BCUT2D eigenvalue weighted by Crippen LogP contribution is 2.28. The Morgan fingerprint density at radius 1 is 1.07 bits per heavy atom. The van der Waals surface area contributed by atoms with Gasteiger partial charge in [-0.2, -0.15) is 5.10 Å². The fraction of sp³-hybridized carbons (Fsp3) is 0.211. The summed E-state index contributed by atoms with van der Waals surface area (Å²) in [6.07, 6.45) is 0. The first-order valence-corrected chi connectivity index (χ1v) is 8.12. The van der Waals surface area contributed by atoms with Crippen molar-refractivity contribution in [1.82, 2.24) is 5.43 Å². The van der Waals surface area contributed by atoms with Crippen LogP contribution in [0.2, 0.25) is 0 Å². The van der Waals surface area contributed by atoms with E-state index in [4.69, 9.17) is 14.2 Å². The van der Waals surface area contributed by atoms with Crippen LogP contribution in [0.3, 0.4) is 0 Å². The molecule has 1 amide bonds. The molecule has 0 spiro atoms. The van der Waals surface area contributed by atoms with E-state index in [1.54, 1.807) is 25.1 Å². The molecule has 2 rings (SSSR count). The number of amides is 1. The Bertz CT molecular complexity index is 884. The van der Waals surface area contributed by atoms with Crippen molar-refractivity contribution in [3.63, 3.8) is 0 Å². The standard InChI is InChI=1S/C19H19FN2O6/c1-12(13-7-8-16(17(9-13)26-2)28-11-19(24)25)21-22-18(23)10-27-15-6-4-3-5-14(15)20/h3-9H,10-11H2,1-2H3,(H,22,23)(H,24,25)/p-1/b21-12-. The largest absolute Gasteiger partial charge is 0.546 e. The highest BCUT2D eigenvalue weighted by molar-refractivity contribution is 5.99. The number of aliphatic carboxylic acids is 1. The van der Waals surface area contributed by atoms with E-state index in [9.17, 15) is 19.1 Å². The van der Waals surface area contributed by atoms with Gasteiger partial charge >= 0.3 is 0 Å². The van der Waals surface area contributed by atoms with Crippen LogP contribution < -0.4 is 24.7 Å². The zero-order valence-electron chi connectivity index (χ0n) is 15.2. The molecule has 0 aromatic heterocycles. The fourth-order valence-corrected chi connectivity index (χ4v) is 2.10. The number of ether oxygens (including phenoxy) is 3. The van der Waals surface area contributed by atoms with Crippen molar-refractivity contribution in [1.29, 1.82) is 0 Å². The lowest BCUT2D eigenvalue weighted by molar-refractivity contribution is -0.307. The van der Waals surface area contributed by atoms with Crippen LogP contribution in [0.25, 0.3) is 0 Å². The van der Waals surface area contributed by atoms with E-state index in [0.29, 0.717) is 17.0 Å². The van der Waals surface area contributed by atoms with Gasteiger partial charge < -0.3 is 24.1 Å². The third-order valence-corrected chi connectivity index (χ3v) is 3.47. The number of carboxylic acid groups (broad SMARTS) is 1. The lowest BCUT2D eigenvalue weighted by atomic mass is 10.1. The van der Waals surface area contributed by atoms with Gasteiger partial charge in [-0.1, -0.05) is 12.1 Å². The minimum absolute atomic E-state index is 0.0322. The second-order valence-corrected chi connectivity index (χ2v) is 5.48. The molecule has 0 aliphatic heterocycles. The van der Waals surface area contributed by atoms with Crippen LogP contribution in [-0.4, -0.2) is 37.9 Å². The zero-order chi connectivity index (χ0) is 20.5. The number of halogens is 1. The van der Waals surface area contributed by atoms with Gasteiger partial charge in [0, 0.05) is 5.56 Å². The normalized spacial score (nSPS) is 10.9. The summed E-state index contributed by atoms with van der Waals surface area (Å²) < 4.78 is 28.7. The van der Waals surface area contributed by atoms with Crippen molar-refractivity contribution in [3.05, 3.63) is 53.8 Å². The van der Waals surface area contributed by atoms with E-state index in [2.05, 4.69) is 10.5 Å². The Labute approximate surface area is 160 Å². The van der Waals surface area contributed by atoms with Gasteiger partial charge in [0.05, 0.1) is 18.8 Å². The zero-order valence-corrected chi connectivity index (χ0v) is 15.2. The lowest BCUT2D eigenvalue weighted by Crippen LogP contribution is -2.29. The number of nitrogens with one attached hydrogen (secondary N) is 1. The molecule has 0 saturated heterocycles. The van der Waals surface area contributed by atoms with Gasteiger partial charge in [-0.25, -0.2) is 9.82 Å². The number of para-hydroxylation sites is 1. The molecule has 0 aliphatic carbocycles. The van der Waals surface area contributed by atoms with Crippen molar-refractivity contribution >= 4 is 17.6 Å². The Morgan fingerprint density at radius 2 is 1.79 bits per heavy atom. The predicted octanol–water partition coefficient (Wildman–Crippen LogP) is 0.882. The van der Waals surface area contributed by atoms with Crippen LogP contribution in [-0.2, 0) is 9.59 Å². The first-order valence-electron chi connectivity index (χ1n) is 8.12. The summed E-state index contributed by atoms with van der Waals surface area (Å²) in [5.74, 6) is -2.00. The summed E-state index contributed by atoms with van der Waals surface area (Å²) in [6, 6.07) is 10.4. The van der Waals surface area contributed by atoms with Crippen LogP contribution in [0.4, 0.5) is 4.39 Å². The topological polar surface area (TPSA) is 109 Å². The van der Waals surface area contributed by atoms with Gasteiger partial charge in [0.1, 0.15) is 6.61 Å². The first kappa shape index (κ1) is 20.7. The highest BCUT2D eigenvalue weighted by atomic mass is 19.1. The smallest absolute Gasteiger partial charge is 0.277 e. The lowest BCUT2D eigenvalue weighted by Gasteiger charge is -2.12. The Hall–Kier alpha value is -3.62. The van der Waals surface area contributed by atoms with E-state index < -0.39 is 30.9 Å². The number of hydrogen-bond donors (Lipinski definition) is 1. The average Bonchev–Trinajstić information content (AvgIpc) is 2.69. The molecule has 2 aromatic rings. The summed E-state index contributed by atoms with van der Waals surface area (Å²) in [4.78, 5) is 22.3. The summed E-state index contributed by atoms with van der Waals surface area (Å²) in [5.41, 5.74) is 3.36. The molecular formula is C19H18FN2O6-. The Morgan fingerprint density at radius 3 is 2.46 bits per heavy atom. The minimum Gasteiger partial charge on any atom is -0.546 e. The quantitative estimate of drug-likeness (QED) is 0.504. The molecule has 0 radical (unpaired) electrons. The number of carbonyl (C=O) groups is 2. The number of hydrazone groups is 1. The molecule has 0 heterocycles. The molecule has 0 fully saturated rings. The fourth-order valence-electron chi connectivity index (χ4n) is 2.10. The molecule has 0 aliphatic rings. The molecule has 9 heteroatoms. The summed E-state index contributed by atoms with van der Waals surface area (Å²) in [7, 11) is 1.40. The molecule has 1 N–H and O–H groups in total. The molecule has 2 aromatic carbocycles. The maximum atomic E-state index is 13.4. The van der Waals surface area contributed by atoms with E-state index in [1.165, 1.54) is 31.4 Å². The van der Waals surface area contributed by atoms with Gasteiger partial charge in [0.15, 0.2) is 29.7 Å². The number of rotatable bonds is 9. The minimum atomic E-state index is -1.36. The molecule has 148 valence electrons. The Balaban J connectivity index is 1.97. The third kappa shape index (κ3) is 5.97. The summed E-state index contributed by atoms with van der Waals surface area (Å²) >= 11 is 0. The SMILES string of the molecule is COc1cc(/C(C)=N\NC(=O)COc2ccccc2F)ccc1OCC(=O)[O-]. The second kappa shape index (κ2) is 9.91. The monoisotopic (exact) mass is 389 g/mol. The first-order chi connectivity index (χ1) is 13.4. The van der Waals surface area contributed by atoms with Crippen LogP contribution >= 0.6 is 0 Å². The van der Waals surface area contributed by atoms with Crippen LogP contribution in [0.15, 0.2) is 47.6 Å². The molecule has 0 atom stereocenters. The van der Waals surface area contributed by atoms with Crippen molar-refractivity contribution in [2.24, 2.45) is 5.10 Å². The van der Waals surface area contributed by atoms with Crippen molar-refractivity contribution in [2.75, 3.05) is 20.3 Å². The third-order valence-electron chi connectivity index (χ3n) is 3.47. The van der Waals surface area contributed by atoms with Crippen LogP contribution in [0, 0.1) is 5.82 Å². The van der Waals surface area contributed by atoms with E-state index >= 15 is 0 Å². The number of carbonyl (C=O) groups excluding carboxylic acids is 2. The van der Waals surface area contributed by atoms with E-state index in [0.717, 1.165) is 0 Å². The summed E-state index contributed by atoms with van der Waals surface area (Å²) in [5, 5.41) is 14.4. The highest BCUT2D eigenvalue weighted by Gasteiger charge is 2.09. The number of nitrogens with zero attached hydrogens (tertiary/aromatic N) is 1. The van der Waals surface area contributed by atoms with Gasteiger partial charge in [-0.05, 0) is 37.3 Å². The molecule has 0 saturated carbocycles. The molecular weight excluding hydrogens is 371 g/mol. The molecule has 28 heavy (non-hydrogen) atoms. The van der Waals surface area contributed by atoms with Crippen molar-refractivity contribution in [2.45, 2.75) is 6.92 Å². The predicted molar refractivity (Wildman–Crippen MR) is 95.7 cm³/mol. The van der Waals surface area contributed by atoms with Crippen LogP contribution in [0.5, 0.6) is 17.2 Å². The summed E-state index contributed by atoms with van der Waals surface area (Å²) in [6.45, 7) is 0.631. The second-order valence-electron chi connectivity index (χ2n) is 5.48. The number of hydrogen-bond acceptors (Lipinski definition) is 7. The molecule has 0 bridgehead atoms. The van der Waals surface area contributed by atoms with Gasteiger partial charge in [0.2, 0.25) is 0 Å². The Kier molecular flexibility index (Phi) is 7.32. The maximum Gasteiger partial charge on any atom is 0.277 e. The number of methoxy groups -OCH3 is 1. The average molecular weight is 389 g/mol. The van der Waals surface area contributed by atoms with Crippen LogP contribution in [0.1, 0.15) is 12.5 Å². The molecule has 8 nitrogen and oxygen atoms in total. The number of carboxylic acids is 1. The van der Waals surface area contributed by atoms with E-state index in [1.807, 2.05) is 0 Å². The van der Waals surface area contributed by atoms with E-state index in [-0.39, 0.29) is 11.5 Å². The van der Waals surface area contributed by atoms with Gasteiger partial charge in [0.25, 0.3) is 5.91 Å². The molecule has 0 unspecified atom stereocenters. The van der Waals surface area contributed by atoms with Gasteiger partial charge in [-0.3, -0.25) is 4.79 Å². The maximum absolute atomic E-state index is 13.4. The van der Waals surface area contributed by atoms with Crippen molar-refractivity contribution < 1.29 is 33.3 Å². The van der Waals surface area contributed by atoms with Gasteiger partial charge in [-0.15, -0.1) is 0 Å². The number of benzene rings is 2. The van der Waals surface area contributed by atoms with Crippen molar-refractivity contribution in [3.8, 4) is 17.2 Å².